The Balaban J connectivity index is 2.21. The average Bonchev–Trinajstić information content (AvgIpc) is 2.27. The summed E-state index contributed by atoms with van der Waals surface area (Å²) in [6, 6.07) is 5.94. The van der Waals surface area contributed by atoms with Crippen LogP contribution in [0.15, 0.2) is 18.2 Å². The quantitative estimate of drug-likeness (QED) is 0.844. The Morgan fingerprint density at radius 3 is 2.94 bits per heavy atom. The molecule has 1 aromatic rings. The van der Waals surface area contributed by atoms with E-state index in [1.165, 1.54) is 5.56 Å². The summed E-state index contributed by atoms with van der Waals surface area (Å²) >= 11 is 0. The number of aliphatic hydroxyl groups excluding tert-OH is 1. The summed E-state index contributed by atoms with van der Waals surface area (Å²) < 4.78 is 5.91. The molecule has 1 aliphatic rings. The fraction of sp³-hybridized carbons (Fsp3) is 0.571. The first-order valence-electron chi connectivity index (χ1n) is 6.22. The Labute approximate surface area is 103 Å². The number of aryl methyl sites for hydroxylation is 1. The molecule has 17 heavy (non-hydrogen) atoms. The summed E-state index contributed by atoms with van der Waals surface area (Å²) in [6.07, 6.45) is 2.16. The first-order valence-corrected chi connectivity index (χ1v) is 6.22. The standard InChI is InChI=1S/C14H21NO2/c1-14(2)7-5-11-9-10(12(16)6-8-15)3-4-13(11)17-14/h3-4,9,12,16H,5-8,15H2,1-2H3/t12-/m1/s1. The number of ether oxygens (including phenoxy) is 1. The molecule has 1 aliphatic heterocycles. The summed E-state index contributed by atoms with van der Waals surface area (Å²) in [5, 5.41) is 9.90. The van der Waals surface area contributed by atoms with E-state index in [1.54, 1.807) is 0 Å². The molecule has 0 saturated heterocycles. The summed E-state index contributed by atoms with van der Waals surface area (Å²) in [4.78, 5) is 0. The second-order valence-electron chi connectivity index (χ2n) is 5.32. The van der Waals surface area contributed by atoms with Crippen LogP contribution in [0.2, 0.25) is 0 Å². The van der Waals surface area contributed by atoms with E-state index in [-0.39, 0.29) is 5.60 Å². The minimum absolute atomic E-state index is 0.0790. The van der Waals surface area contributed by atoms with Crippen LogP contribution in [0.25, 0.3) is 0 Å². The molecule has 0 aliphatic carbocycles. The van der Waals surface area contributed by atoms with Gasteiger partial charge in [0.05, 0.1) is 6.10 Å². The van der Waals surface area contributed by atoms with Crippen LogP contribution >= 0.6 is 0 Å². The lowest BCUT2D eigenvalue weighted by Crippen LogP contribution is -2.32. The molecule has 94 valence electrons. The molecule has 0 aromatic heterocycles. The SMILES string of the molecule is CC1(C)CCc2cc([C@H](O)CCN)ccc2O1. The molecule has 0 bridgehead atoms. The van der Waals surface area contributed by atoms with Crippen molar-refractivity contribution in [3.63, 3.8) is 0 Å². The number of fused-ring (bicyclic) bond motifs is 1. The fourth-order valence-electron chi connectivity index (χ4n) is 2.21. The van der Waals surface area contributed by atoms with Crippen LogP contribution in [0.3, 0.4) is 0 Å². The lowest BCUT2D eigenvalue weighted by Gasteiger charge is -2.33. The number of nitrogens with two attached hydrogens (primary N) is 1. The van der Waals surface area contributed by atoms with Crippen LogP contribution in [0.1, 0.15) is 43.9 Å². The summed E-state index contributed by atoms with van der Waals surface area (Å²) in [5.41, 5.74) is 7.51. The monoisotopic (exact) mass is 235 g/mol. The fourth-order valence-corrected chi connectivity index (χ4v) is 2.21. The molecular formula is C14H21NO2. The van der Waals surface area contributed by atoms with Crippen molar-refractivity contribution >= 4 is 0 Å². The van der Waals surface area contributed by atoms with E-state index in [1.807, 2.05) is 18.2 Å². The Morgan fingerprint density at radius 1 is 1.47 bits per heavy atom. The van der Waals surface area contributed by atoms with Gasteiger partial charge in [-0.15, -0.1) is 0 Å². The van der Waals surface area contributed by atoms with Crippen molar-refractivity contribution in [1.29, 1.82) is 0 Å². The topological polar surface area (TPSA) is 55.5 Å². The van der Waals surface area contributed by atoms with Crippen molar-refractivity contribution in [2.75, 3.05) is 6.54 Å². The maximum atomic E-state index is 9.90. The first-order chi connectivity index (χ1) is 8.02. The molecule has 3 heteroatoms. The van der Waals surface area contributed by atoms with Gasteiger partial charge in [-0.2, -0.15) is 0 Å². The normalized spacial score (nSPS) is 19.3. The Hall–Kier alpha value is -1.06. The summed E-state index contributed by atoms with van der Waals surface area (Å²) in [6.45, 7) is 4.71. The van der Waals surface area contributed by atoms with Gasteiger partial charge in [-0.1, -0.05) is 6.07 Å². The molecule has 3 N–H and O–H groups in total. The average molecular weight is 235 g/mol. The highest BCUT2D eigenvalue weighted by molar-refractivity contribution is 5.40. The van der Waals surface area contributed by atoms with Gasteiger partial charge in [0.1, 0.15) is 11.4 Å². The second-order valence-corrected chi connectivity index (χ2v) is 5.32. The van der Waals surface area contributed by atoms with Gasteiger partial charge in [0, 0.05) is 0 Å². The molecule has 0 fully saturated rings. The molecule has 3 nitrogen and oxygen atoms in total. The smallest absolute Gasteiger partial charge is 0.123 e. The van der Waals surface area contributed by atoms with Crippen molar-refractivity contribution in [3.05, 3.63) is 29.3 Å². The van der Waals surface area contributed by atoms with Gasteiger partial charge in [0.2, 0.25) is 0 Å². The van der Waals surface area contributed by atoms with Gasteiger partial charge in [0.15, 0.2) is 0 Å². The lowest BCUT2D eigenvalue weighted by atomic mass is 9.92. The van der Waals surface area contributed by atoms with Crippen LogP contribution in [0.5, 0.6) is 5.75 Å². The molecule has 0 spiro atoms. The number of hydrogen-bond donors (Lipinski definition) is 2. The largest absolute Gasteiger partial charge is 0.488 e. The molecule has 1 heterocycles. The number of rotatable bonds is 3. The lowest BCUT2D eigenvalue weighted by molar-refractivity contribution is 0.0844. The van der Waals surface area contributed by atoms with Gasteiger partial charge in [-0.25, -0.2) is 0 Å². The Morgan fingerprint density at radius 2 is 2.24 bits per heavy atom. The molecule has 2 rings (SSSR count). The van der Waals surface area contributed by atoms with Crippen molar-refractivity contribution < 1.29 is 9.84 Å². The Bertz CT molecular complexity index is 401. The predicted molar refractivity (Wildman–Crippen MR) is 68.1 cm³/mol. The van der Waals surface area contributed by atoms with Crippen LogP contribution in [-0.2, 0) is 6.42 Å². The van der Waals surface area contributed by atoms with Gasteiger partial charge >= 0.3 is 0 Å². The van der Waals surface area contributed by atoms with Gasteiger partial charge in [0.25, 0.3) is 0 Å². The molecule has 0 radical (unpaired) electrons. The van der Waals surface area contributed by atoms with Crippen LogP contribution in [0.4, 0.5) is 0 Å². The van der Waals surface area contributed by atoms with Crippen LogP contribution in [0, 0.1) is 0 Å². The molecule has 1 atom stereocenters. The maximum Gasteiger partial charge on any atom is 0.123 e. The number of hydrogen-bond acceptors (Lipinski definition) is 3. The van der Waals surface area contributed by atoms with E-state index >= 15 is 0 Å². The van der Waals surface area contributed by atoms with Crippen molar-refractivity contribution in [1.82, 2.24) is 0 Å². The predicted octanol–water partition coefficient (Wildman–Crippen LogP) is 2.17. The highest BCUT2D eigenvalue weighted by Crippen LogP contribution is 2.34. The van der Waals surface area contributed by atoms with Gasteiger partial charge < -0.3 is 15.6 Å². The zero-order valence-corrected chi connectivity index (χ0v) is 10.6. The molecule has 0 saturated carbocycles. The molecular weight excluding hydrogens is 214 g/mol. The second kappa shape index (κ2) is 4.67. The highest BCUT2D eigenvalue weighted by atomic mass is 16.5. The molecule has 1 aromatic carbocycles. The minimum Gasteiger partial charge on any atom is -0.488 e. The van der Waals surface area contributed by atoms with Crippen molar-refractivity contribution in [2.45, 2.75) is 44.8 Å². The van der Waals surface area contributed by atoms with E-state index in [0.29, 0.717) is 13.0 Å². The zero-order valence-electron chi connectivity index (χ0n) is 10.6. The van der Waals surface area contributed by atoms with Crippen molar-refractivity contribution in [3.8, 4) is 5.75 Å². The van der Waals surface area contributed by atoms with E-state index in [9.17, 15) is 5.11 Å². The van der Waals surface area contributed by atoms with Crippen LogP contribution in [-0.4, -0.2) is 17.3 Å². The van der Waals surface area contributed by atoms with Gasteiger partial charge in [-0.3, -0.25) is 0 Å². The van der Waals surface area contributed by atoms with E-state index in [4.69, 9.17) is 10.5 Å². The zero-order chi connectivity index (χ0) is 12.5. The third kappa shape index (κ3) is 2.79. The van der Waals surface area contributed by atoms with E-state index < -0.39 is 6.10 Å². The number of aliphatic hydroxyl groups is 1. The summed E-state index contributed by atoms with van der Waals surface area (Å²) in [7, 11) is 0. The third-order valence-corrected chi connectivity index (χ3v) is 3.29. The molecule has 0 amide bonds. The van der Waals surface area contributed by atoms with Gasteiger partial charge in [-0.05, 0) is 62.9 Å². The van der Waals surface area contributed by atoms with Crippen LogP contribution < -0.4 is 10.5 Å². The summed E-state index contributed by atoms with van der Waals surface area (Å²) in [5.74, 6) is 0.949. The third-order valence-electron chi connectivity index (χ3n) is 3.29. The highest BCUT2D eigenvalue weighted by Gasteiger charge is 2.26. The van der Waals surface area contributed by atoms with Crippen molar-refractivity contribution in [2.24, 2.45) is 5.73 Å². The number of benzene rings is 1. The first kappa shape index (κ1) is 12.4. The Kier molecular flexibility index (Phi) is 3.40. The molecule has 0 unspecified atom stereocenters. The maximum absolute atomic E-state index is 9.90. The van der Waals surface area contributed by atoms with E-state index in [0.717, 1.165) is 24.2 Å². The minimum atomic E-state index is -0.458. The van der Waals surface area contributed by atoms with E-state index in [2.05, 4.69) is 13.8 Å².